The molecule has 0 aromatic rings. The first kappa shape index (κ1) is 12.2. The van der Waals surface area contributed by atoms with Crippen molar-refractivity contribution in [3.05, 3.63) is 0 Å². The zero-order chi connectivity index (χ0) is 10.7. The highest BCUT2D eigenvalue weighted by atomic mass is 32.1. The lowest BCUT2D eigenvalue weighted by Gasteiger charge is -2.40. The minimum Gasteiger partial charge on any atom is -0.394 e. The Balaban J connectivity index is 2.63. The molecule has 0 bridgehead atoms. The topological polar surface area (TPSA) is 79.2 Å². The second-order valence-electron chi connectivity index (χ2n) is 3.15. The van der Waals surface area contributed by atoms with E-state index in [2.05, 4.69) is 12.6 Å². The van der Waals surface area contributed by atoms with Crippen LogP contribution in [0.15, 0.2) is 0 Å². The van der Waals surface area contributed by atoms with Gasteiger partial charge in [-0.2, -0.15) is 0 Å². The molecule has 14 heavy (non-hydrogen) atoms. The third kappa shape index (κ3) is 2.39. The third-order valence-corrected chi connectivity index (χ3v) is 2.62. The molecule has 0 aliphatic carbocycles. The molecule has 0 radical (unpaired) electrons. The van der Waals surface area contributed by atoms with E-state index in [4.69, 9.17) is 14.6 Å². The Bertz CT molecular complexity index is 179. The van der Waals surface area contributed by atoms with Crippen molar-refractivity contribution >= 4 is 12.6 Å². The lowest BCUT2D eigenvalue weighted by atomic mass is 10.0. The Kier molecular flexibility index (Phi) is 4.62. The van der Waals surface area contributed by atoms with E-state index in [1.54, 1.807) is 6.92 Å². The number of aliphatic hydroxyl groups excluding tert-OH is 3. The van der Waals surface area contributed by atoms with Crippen LogP contribution in [0.4, 0.5) is 0 Å². The molecule has 0 aromatic heterocycles. The van der Waals surface area contributed by atoms with Gasteiger partial charge in [-0.15, -0.1) is 12.6 Å². The van der Waals surface area contributed by atoms with Crippen molar-refractivity contribution in [2.75, 3.05) is 13.2 Å². The molecule has 0 aromatic carbocycles. The third-order valence-electron chi connectivity index (χ3n) is 2.20. The maximum atomic E-state index is 9.63. The van der Waals surface area contributed by atoms with Gasteiger partial charge in [-0.05, 0) is 6.92 Å². The Morgan fingerprint density at radius 1 is 1.36 bits per heavy atom. The summed E-state index contributed by atoms with van der Waals surface area (Å²) in [6, 6.07) is 0. The molecule has 1 heterocycles. The summed E-state index contributed by atoms with van der Waals surface area (Å²) in [7, 11) is 0. The van der Waals surface area contributed by atoms with Gasteiger partial charge in [-0.3, -0.25) is 0 Å². The van der Waals surface area contributed by atoms with E-state index in [0.29, 0.717) is 6.61 Å². The fourth-order valence-corrected chi connectivity index (χ4v) is 1.86. The van der Waals surface area contributed by atoms with Crippen molar-refractivity contribution in [2.45, 2.75) is 36.8 Å². The fraction of sp³-hybridized carbons (Fsp3) is 1.00. The Morgan fingerprint density at radius 3 is 2.50 bits per heavy atom. The molecule has 5 atom stereocenters. The molecule has 1 rings (SSSR count). The molecule has 1 saturated heterocycles. The average molecular weight is 224 g/mol. The van der Waals surface area contributed by atoms with Crippen LogP contribution in [0.3, 0.4) is 0 Å². The normalized spacial score (nSPS) is 43.9. The highest BCUT2D eigenvalue weighted by Crippen LogP contribution is 2.25. The Morgan fingerprint density at radius 2 is 2.00 bits per heavy atom. The molecule has 0 spiro atoms. The van der Waals surface area contributed by atoms with Gasteiger partial charge in [0.1, 0.15) is 29.9 Å². The van der Waals surface area contributed by atoms with Crippen molar-refractivity contribution in [1.82, 2.24) is 0 Å². The summed E-state index contributed by atoms with van der Waals surface area (Å²) < 4.78 is 10.3. The van der Waals surface area contributed by atoms with E-state index in [1.807, 2.05) is 0 Å². The van der Waals surface area contributed by atoms with Crippen molar-refractivity contribution in [3.63, 3.8) is 0 Å². The summed E-state index contributed by atoms with van der Waals surface area (Å²) in [5.74, 6) is 0. The summed E-state index contributed by atoms with van der Waals surface area (Å²) in [6.45, 7) is 1.82. The lowest BCUT2D eigenvalue weighted by molar-refractivity contribution is -0.217. The molecule has 3 N–H and O–H groups in total. The van der Waals surface area contributed by atoms with Gasteiger partial charge >= 0.3 is 0 Å². The summed E-state index contributed by atoms with van der Waals surface area (Å²) in [5.41, 5.74) is -0.634. The molecule has 5 nitrogen and oxygen atoms in total. The minimum atomic E-state index is -1.14. The van der Waals surface area contributed by atoms with Crippen LogP contribution < -0.4 is 0 Å². The second-order valence-corrected chi connectivity index (χ2v) is 3.66. The largest absolute Gasteiger partial charge is 0.394 e. The van der Waals surface area contributed by atoms with E-state index in [1.165, 1.54) is 0 Å². The van der Waals surface area contributed by atoms with Crippen LogP contribution >= 0.6 is 12.6 Å². The molecule has 6 heteroatoms. The summed E-state index contributed by atoms with van der Waals surface area (Å²) in [4.78, 5) is 0. The molecular weight excluding hydrogens is 208 g/mol. The number of hydrogen-bond donors (Lipinski definition) is 4. The van der Waals surface area contributed by atoms with E-state index < -0.39 is 29.9 Å². The van der Waals surface area contributed by atoms with Gasteiger partial charge in [0.15, 0.2) is 0 Å². The molecule has 0 saturated carbocycles. The number of thiol groups is 1. The maximum Gasteiger partial charge on any atom is 0.129 e. The number of hydrogen-bond acceptors (Lipinski definition) is 6. The van der Waals surface area contributed by atoms with E-state index in [9.17, 15) is 10.2 Å². The monoisotopic (exact) mass is 224 g/mol. The molecule has 1 unspecified atom stereocenters. The van der Waals surface area contributed by atoms with Gasteiger partial charge in [0.05, 0.1) is 6.61 Å². The van der Waals surface area contributed by atoms with Gasteiger partial charge in [0.25, 0.3) is 0 Å². The Hall–Kier alpha value is 0.150. The highest BCUT2D eigenvalue weighted by molar-refractivity contribution is 7.80. The Labute approximate surface area is 88.1 Å². The minimum absolute atomic E-state index is 0.353. The summed E-state index contributed by atoms with van der Waals surface area (Å²) in [5, 5.41) is 28.0. The van der Waals surface area contributed by atoms with Gasteiger partial charge in [0.2, 0.25) is 0 Å². The first-order chi connectivity index (χ1) is 6.61. The predicted molar refractivity (Wildman–Crippen MR) is 52.2 cm³/mol. The zero-order valence-electron chi connectivity index (χ0n) is 7.91. The summed E-state index contributed by atoms with van der Waals surface area (Å²) >= 11 is 4.07. The van der Waals surface area contributed by atoms with E-state index in [0.717, 1.165) is 0 Å². The fourth-order valence-electron chi connectivity index (χ4n) is 1.44. The van der Waals surface area contributed by atoms with Gasteiger partial charge in [-0.1, -0.05) is 0 Å². The van der Waals surface area contributed by atoms with Crippen molar-refractivity contribution < 1.29 is 24.8 Å². The van der Waals surface area contributed by atoms with E-state index in [-0.39, 0.29) is 6.61 Å². The molecule has 0 amide bonds. The molecule has 1 aliphatic heterocycles. The van der Waals surface area contributed by atoms with Crippen LogP contribution in [0.1, 0.15) is 6.92 Å². The maximum absolute atomic E-state index is 9.63. The van der Waals surface area contributed by atoms with Crippen LogP contribution in [0.25, 0.3) is 0 Å². The predicted octanol–water partition coefficient (Wildman–Crippen LogP) is -1.24. The van der Waals surface area contributed by atoms with Crippen LogP contribution in [0.2, 0.25) is 0 Å². The van der Waals surface area contributed by atoms with Crippen molar-refractivity contribution in [3.8, 4) is 0 Å². The zero-order valence-corrected chi connectivity index (χ0v) is 8.80. The second kappa shape index (κ2) is 5.29. The first-order valence-electron chi connectivity index (χ1n) is 4.54. The summed E-state index contributed by atoms with van der Waals surface area (Å²) in [6.07, 6.45) is -3.69. The van der Waals surface area contributed by atoms with Crippen LogP contribution in [-0.2, 0) is 9.47 Å². The van der Waals surface area contributed by atoms with Crippen molar-refractivity contribution in [1.29, 1.82) is 0 Å². The quantitative estimate of drug-likeness (QED) is 0.451. The molecule has 1 fully saturated rings. The standard InChI is InChI=1S/C8H16O5S/c1-2-12-7-6(11)5(10)4(3-9)13-8(7)14/h4-11,14H,2-3H2,1H3/t4-,5+,6+,7-,8?/m1/s1. The van der Waals surface area contributed by atoms with Crippen LogP contribution in [0.5, 0.6) is 0 Å². The van der Waals surface area contributed by atoms with Crippen molar-refractivity contribution in [2.24, 2.45) is 0 Å². The first-order valence-corrected chi connectivity index (χ1v) is 5.05. The van der Waals surface area contributed by atoms with Crippen LogP contribution in [-0.4, -0.2) is 58.4 Å². The van der Waals surface area contributed by atoms with Gasteiger partial charge in [-0.25, -0.2) is 0 Å². The molecule has 84 valence electrons. The number of aliphatic hydroxyl groups is 3. The molecular formula is C8H16O5S. The average Bonchev–Trinajstić information content (AvgIpc) is 2.18. The highest BCUT2D eigenvalue weighted by Gasteiger charge is 2.43. The van der Waals surface area contributed by atoms with Crippen LogP contribution in [0, 0.1) is 0 Å². The van der Waals surface area contributed by atoms with Gasteiger partial charge < -0.3 is 24.8 Å². The van der Waals surface area contributed by atoms with E-state index >= 15 is 0 Å². The lowest BCUT2D eigenvalue weighted by Crippen LogP contribution is -2.57. The SMILES string of the molecule is CCO[C@H]1C(S)O[C@H](CO)[C@H](O)[C@@H]1O. The number of rotatable bonds is 3. The molecule has 1 aliphatic rings. The van der Waals surface area contributed by atoms with Gasteiger partial charge in [0, 0.05) is 6.61 Å². The number of ether oxygens (including phenoxy) is 2. The smallest absolute Gasteiger partial charge is 0.129 e.